The van der Waals surface area contributed by atoms with E-state index in [1.165, 1.54) is 11.1 Å². The third-order valence-corrected chi connectivity index (χ3v) is 8.33. The lowest BCUT2D eigenvalue weighted by molar-refractivity contribution is 0.426. The maximum atomic E-state index is 10.0. The van der Waals surface area contributed by atoms with Crippen molar-refractivity contribution in [3.05, 3.63) is 96.1 Å². The maximum Gasteiger partial charge on any atom is 0.489 e. The second-order valence-corrected chi connectivity index (χ2v) is 12.8. The number of hydrogen-bond donors (Lipinski definition) is 2. The molecule has 5 aromatic rings. The summed E-state index contributed by atoms with van der Waals surface area (Å²) in [6.07, 6.45) is 0. The highest BCUT2D eigenvalue weighted by Crippen LogP contribution is 2.44. The Morgan fingerprint density at radius 2 is 1.05 bits per heavy atom. The Morgan fingerprint density at radius 3 is 1.51 bits per heavy atom. The van der Waals surface area contributed by atoms with Crippen molar-refractivity contribution >= 4 is 61.2 Å². The number of rotatable bonds is 4. The van der Waals surface area contributed by atoms with E-state index in [0.29, 0.717) is 5.46 Å². The van der Waals surface area contributed by atoms with Gasteiger partial charge in [0.2, 0.25) is 0 Å². The van der Waals surface area contributed by atoms with Crippen molar-refractivity contribution < 1.29 is 10.0 Å². The Hall–Kier alpha value is -3.12. The van der Waals surface area contributed by atoms with Gasteiger partial charge in [0.15, 0.2) is 0 Å². The summed E-state index contributed by atoms with van der Waals surface area (Å²) >= 11 is 1.61. The van der Waals surface area contributed by atoms with Crippen molar-refractivity contribution in [1.82, 2.24) is 0 Å². The zero-order valence-corrected chi connectivity index (χ0v) is 23.2. The normalized spacial score (nSPS) is 12.3. The largest absolute Gasteiger partial charge is 0.489 e. The van der Waals surface area contributed by atoms with Crippen LogP contribution in [0.1, 0.15) is 52.7 Å². The van der Waals surface area contributed by atoms with E-state index in [0.717, 1.165) is 37.2 Å². The van der Waals surface area contributed by atoms with Crippen LogP contribution in [0, 0.1) is 0 Å². The average Bonchev–Trinajstić information content (AvgIpc) is 3.23. The molecule has 0 amide bonds. The molecule has 0 spiro atoms. The molecule has 0 fully saturated rings. The molecular formula is C32H34BNO2S. The van der Waals surface area contributed by atoms with Crippen LogP contribution in [0.15, 0.2) is 84.9 Å². The van der Waals surface area contributed by atoms with Crippen LogP contribution < -0.4 is 10.4 Å². The first kappa shape index (κ1) is 25.5. The number of benzene rings is 4. The zero-order valence-electron chi connectivity index (χ0n) is 22.4. The molecule has 0 aliphatic heterocycles. The minimum atomic E-state index is -1.51. The molecule has 0 aliphatic carbocycles. The maximum absolute atomic E-state index is 10.0. The summed E-state index contributed by atoms with van der Waals surface area (Å²) in [7, 11) is -1.51. The molecule has 5 rings (SSSR count). The van der Waals surface area contributed by atoms with Gasteiger partial charge in [-0.3, -0.25) is 0 Å². The van der Waals surface area contributed by atoms with Crippen LogP contribution in [-0.4, -0.2) is 17.2 Å². The highest BCUT2D eigenvalue weighted by molar-refractivity contribution is 7.27. The van der Waals surface area contributed by atoms with Gasteiger partial charge in [-0.25, -0.2) is 0 Å². The Balaban J connectivity index is 1.75. The van der Waals surface area contributed by atoms with Crippen molar-refractivity contribution in [3.8, 4) is 0 Å². The average molecular weight is 508 g/mol. The van der Waals surface area contributed by atoms with Gasteiger partial charge in [0, 0.05) is 26.8 Å². The Morgan fingerprint density at radius 1 is 0.595 bits per heavy atom. The third-order valence-electron chi connectivity index (χ3n) is 7.04. The summed E-state index contributed by atoms with van der Waals surface area (Å²) < 4.78 is 2.02. The van der Waals surface area contributed by atoms with Crippen LogP contribution in [0.2, 0.25) is 0 Å². The molecule has 0 saturated carbocycles. The lowest BCUT2D eigenvalue weighted by Gasteiger charge is -2.28. The molecule has 0 saturated heterocycles. The second kappa shape index (κ2) is 9.32. The Kier molecular flexibility index (Phi) is 6.43. The first-order valence-corrected chi connectivity index (χ1v) is 13.6. The van der Waals surface area contributed by atoms with Gasteiger partial charge in [0.1, 0.15) is 0 Å². The molecule has 0 radical (unpaired) electrons. The number of anilines is 3. The van der Waals surface area contributed by atoms with Crippen LogP contribution in [0.5, 0.6) is 0 Å². The summed E-state index contributed by atoms with van der Waals surface area (Å²) in [6.45, 7) is 13.4. The van der Waals surface area contributed by atoms with Crippen LogP contribution >= 0.6 is 11.3 Å². The smallest absolute Gasteiger partial charge is 0.423 e. The molecule has 0 atom stereocenters. The molecule has 0 aliphatic rings. The fourth-order valence-electron chi connectivity index (χ4n) is 4.85. The van der Waals surface area contributed by atoms with Gasteiger partial charge in [-0.05, 0) is 57.8 Å². The number of fused-ring (bicyclic) bond motifs is 3. The van der Waals surface area contributed by atoms with E-state index >= 15 is 0 Å². The first-order valence-electron chi connectivity index (χ1n) is 12.8. The Labute approximate surface area is 224 Å². The minimum absolute atomic E-state index is 0.0741. The van der Waals surface area contributed by atoms with Crippen LogP contribution in [-0.2, 0) is 10.8 Å². The van der Waals surface area contributed by atoms with Crippen molar-refractivity contribution in [1.29, 1.82) is 0 Å². The van der Waals surface area contributed by atoms with E-state index in [1.54, 1.807) is 17.4 Å². The van der Waals surface area contributed by atoms with Gasteiger partial charge in [0.05, 0.1) is 10.4 Å². The third kappa shape index (κ3) is 4.79. The summed E-state index contributed by atoms with van der Waals surface area (Å²) in [4.78, 5) is 2.31. The SMILES string of the molecule is CC(C)(C)c1ccc(N(c2ccc(C(C)(C)C)cc2)c2cccc3c2sc2c(B(O)O)cccc23)cc1. The van der Waals surface area contributed by atoms with Crippen molar-refractivity contribution in [2.45, 2.75) is 52.4 Å². The lowest BCUT2D eigenvalue weighted by Crippen LogP contribution is -2.29. The standard InChI is InChI=1S/C32H34BNO2S/c1-31(2,3)21-13-17-23(18-14-21)34(24-19-15-22(16-20-24)32(4,5)6)28-12-8-10-26-25-9-7-11-27(33(35)36)29(25)37-30(26)28/h7-20,35-36H,1-6H3. The number of thiophene rings is 1. The van der Waals surface area contributed by atoms with Gasteiger partial charge in [-0.2, -0.15) is 0 Å². The molecular weight excluding hydrogens is 473 g/mol. The highest BCUT2D eigenvalue weighted by Gasteiger charge is 2.23. The molecule has 1 heterocycles. The van der Waals surface area contributed by atoms with E-state index in [4.69, 9.17) is 0 Å². The fraction of sp³-hybridized carbons (Fsp3) is 0.250. The number of nitrogens with zero attached hydrogens (tertiary/aromatic N) is 1. The van der Waals surface area contributed by atoms with E-state index in [1.807, 2.05) is 6.07 Å². The van der Waals surface area contributed by atoms with Gasteiger partial charge >= 0.3 is 7.12 Å². The van der Waals surface area contributed by atoms with Gasteiger partial charge in [-0.1, -0.05) is 96.1 Å². The monoisotopic (exact) mass is 507 g/mol. The molecule has 188 valence electrons. The second-order valence-electron chi connectivity index (χ2n) is 11.8. The van der Waals surface area contributed by atoms with Crippen LogP contribution in [0.4, 0.5) is 17.1 Å². The van der Waals surface area contributed by atoms with E-state index in [2.05, 4.69) is 119 Å². The zero-order chi connectivity index (χ0) is 26.5. The molecule has 5 heteroatoms. The molecule has 0 bridgehead atoms. The summed E-state index contributed by atoms with van der Waals surface area (Å²) in [5.41, 5.74) is 6.52. The van der Waals surface area contributed by atoms with Crippen molar-refractivity contribution in [3.63, 3.8) is 0 Å². The van der Waals surface area contributed by atoms with E-state index < -0.39 is 7.12 Å². The fourth-order valence-corrected chi connectivity index (χ4v) is 6.19. The molecule has 4 aromatic carbocycles. The predicted octanol–water partition coefficient (Wildman–Crippen LogP) is 7.80. The van der Waals surface area contributed by atoms with E-state index in [-0.39, 0.29) is 10.8 Å². The topological polar surface area (TPSA) is 43.7 Å². The lowest BCUT2D eigenvalue weighted by atomic mass is 9.80. The first-order chi connectivity index (χ1) is 17.4. The van der Waals surface area contributed by atoms with E-state index in [9.17, 15) is 10.0 Å². The van der Waals surface area contributed by atoms with Crippen molar-refractivity contribution in [2.75, 3.05) is 4.90 Å². The van der Waals surface area contributed by atoms with Gasteiger partial charge < -0.3 is 14.9 Å². The summed E-state index contributed by atoms with van der Waals surface area (Å²) in [5, 5.41) is 22.2. The summed E-state index contributed by atoms with van der Waals surface area (Å²) in [6, 6.07) is 29.8. The molecule has 2 N–H and O–H groups in total. The number of hydrogen-bond acceptors (Lipinski definition) is 4. The Bertz CT molecular complexity index is 1500. The molecule has 3 nitrogen and oxygen atoms in total. The molecule has 37 heavy (non-hydrogen) atoms. The quantitative estimate of drug-likeness (QED) is 0.244. The molecule has 1 aromatic heterocycles. The predicted molar refractivity (Wildman–Crippen MR) is 161 cm³/mol. The van der Waals surface area contributed by atoms with Crippen LogP contribution in [0.25, 0.3) is 20.2 Å². The highest BCUT2D eigenvalue weighted by atomic mass is 32.1. The molecule has 0 unspecified atom stereocenters. The van der Waals surface area contributed by atoms with Crippen LogP contribution in [0.3, 0.4) is 0 Å². The summed E-state index contributed by atoms with van der Waals surface area (Å²) in [5.74, 6) is 0. The minimum Gasteiger partial charge on any atom is -0.423 e. The van der Waals surface area contributed by atoms with Gasteiger partial charge in [0.25, 0.3) is 0 Å². The van der Waals surface area contributed by atoms with Gasteiger partial charge in [-0.15, -0.1) is 11.3 Å². The van der Waals surface area contributed by atoms with Crippen molar-refractivity contribution in [2.24, 2.45) is 0 Å².